The average molecular weight is 329 g/mol. The van der Waals surface area contributed by atoms with E-state index in [0.717, 1.165) is 21.3 Å². The fourth-order valence-electron chi connectivity index (χ4n) is 1.71. The van der Waals surface area contributed by atoms with Crippen LogP contribution in [0, 0.1) is 0 Å². The third kappa shape index (κ3) is 3.70. The monoisotopic (exact) mass is 328 g/mol. The molecule has 0 N–H and O–H groups in total. The van der Waals surface area contributed by atoms with E-state index in [2.05, 4.69) is 15.9 Å². The van der Waals surface area contributed by atoms with E-state index in [1.54, 1.807) is 13.2 Å². The van der Waals surface area contributed by atoms with Gasteiger partial charge in [-0.15, -0.1) is 0 Å². The highest BCUT2D eigenvalue weighted by Crippen LogP contribution is 2.19. The SMILES string of the molecule is COc1ccc(C(=C=O)/C=C/c2ccc(Br)cc2)cc1. The molecule has 2 aromatic carbocycles. The van der Waals surface area contributed by atoms with Gasteiger partial charge in [-0.05, 0) is 53.6 Å². The van der Waals surface area contributed by atoms with Crippen molar-refractivity contribution in [2.24, 2.45) is 0 Å². The van der Waals surface area contributed by atoms with Gasteiger partial charge in [-0.1, -0.05) is 34.1 Å². The molecule has 0 aliphatic rings. The zero-order chi connectivity index (χ0) is 14.4. The molecule has 0 atom stereocenters. The van der Waals surface area contributed by atoms with Crippen molar-refractivity contribution in [1.82, 2.24) is 0 Å². The molecule has 0 spiro atoms. The minimum absolute atomic E-state index is 0.510. The van der Waals surface area contributed by atoms with Crippen LogP contribution in [0.3, 0.4) is 0 Å². The molecule has 0 saturated carbocycles. The first kappa shape index (κ1) is 14.3. The number of methoxy groups -OCH3 is 1. The Balaban J connectivity index is 2.20. The molecule has 0 amide bonds. The summed E-state index contributed by atoms with van der Waals surface area (Å²) in [5.74, 6) is 2.73. The van der Waals surface area contributed by atoms with Crippen molar-refractivity contribution in [3.8, 4) is 5.75 Å². The summed E-state index contributed by atoms with van der Waals surface area (Å²) in [5, 5.41) is 0. The lowest BCUT2D eigenvalue weighted by Gasteiger charge is -2.01. The maximum atomic E-state index is 11.1. The summed E-state index contributed by atoms with van der Waals surface area (Å²) < 4.78 is 6.12. The second kappa shape index (κ2) is 6.90. The Morgan fingerprint density at radius 3 is 2.30 bits per heavy atom. The summed E-state index contributed by atoms with van der Waals surface area (Å²) in [6.07, 6.45) is 3.65. The minimum Gasteiger partial charge on any atom is -0.497 e. The molecule has 2 aromatic rings. The Labute approximate surface area is 126 Å². The molecular formula is C17H13BrO2. The molecule has 100 valence electrons. The van der Waals surface area contributed by atoms with Crippen LogP contribution >= 0.6 is 15.9 Å². The molecular weight excluding hydrogens is 316 g/mol. The topological polar surface area (TPSA) is 26.3 Å². The van der Waals surface area contributed by atoms with E-state index in [1.807, 2.05) is 60.5 Å². The van der Waals surface area contributed by atoms with Gasteiger partial charge < -0.3 is 4.74 Å². The molecule has 3 heteroatoms. The minimum atomic E-state index is 0.510. The standard InChI is InChI=1S/C17H13BrO2/c1-20-17-10-6-14(7-11-17)15(12-19)5-2-13-3-8-16(18)9-4-13/h2-11H,1H3/b5-2+. The normalized spacial score (nSPS) is 10.3. The zero-order valence-corrected chi connectivity index (χ0v) is 12.6. The van der Waals surface area contributed by atoms with Crippen LogP contribution in [0.4, 0.5) is 0 Å². The summed E-state index contributed by atoms with van der Waals surface area (Å²) in [6.45, 7) is 0. The quantitative estimate of drug-likeness (QED) is 0.614. The highest BCUT2D eigenvalue weighted by molar-refractivity contribution is 9.10. The Bertz CT molecular complexity index is 648. The number of allylic oxidation sites excluding steroid dienone is 2. The summed E-state index contributed by atoms with van der Waals surface area (Å²) in [4.78, 5) is 11.1. The van der Waals surface area contributed by atoms with Gasteiger partial charge in [-0.2, -0.15) is 0 Å². The summed E-state index contributed by atoms with van der Waals surface area (Å²) in [6, 6.07) is 15.2. The molecule has 2 nitrogen and oxygen atoms in total. The Morgan fingerprint density at radius 1 is 1.10 bits per heavy atom. The third-order valence-corrected chi connectivity index (χ3v) is 3.35. The average Bonchev–Trinajstić information content (AvgIpc) is 2.50. The number of halogens is 1. The fourth-order valence-corrected chi connectivity index (χ4v) is 1.98. The van der Waals surface area contributed by atoms with Gasteiger partial charge in [0.1, 0.15) is 11.7 Å². The lowest BCUT2D eigenvalue weighted by molar-refractivity contribution is 0.415. The molecule has 20 heavy (non-hydrogen) atoms. The van der Waals surface area contributed by atoms with Crippen LogP contribution in [0.2, 0.25) is 0 Å². The molecule has 2 rings (SSSR count). The van der Waals surface area contributed by atoms with E-state index < -0.39 is 0 Å². The summed E-state index contributed by atoms with van der Waals surface area (Å²) in [5.41, 5.74) is 2.35. The molecule has 0 aliphatic carbocycles. The van der Waals surface area contributed by atoms with Crippen molar-refractivity contribution in [2.75, 3.05) is 7.11 Å². The van der Waals surface area contributed by atoms with E-state index in [0.29, 0.717) is 5.57 Å². The molecule has 0 fully saturated rings. The maximum absolute atomic E-state index is 11.1. The van der Waals surface area contributed by atoms with Crippen molar-refractivity contribution in [1.29, 1.82) is 0 Å². The van der Waals surface area contributed by atoms with Gasteiger partial charge in [0.25, 0.3) is 0 Å². The van der Waals surface area contributed by atoms with Gasteiger partial charge in [0.15, 0.2) is 0 Å². The second-order valence-corrected chi connectivity index (χ2v) is 5.04. The molecule has 0 radical (unpaired) electrons. The second-order valence-electron chi connectivity index (χ2n) is 4.13. The van der Waals surface area contributed by atoms with Crippen molar-refractivity contribution in [3.63, 3.8) is 0 Å². The van der Waals surface area contributed by atoms with Crippen LogP contribution in [0.5, 0.6) is 5.75 Å². The van der Waals surface area contributed by atoms with Crippen LogP contribution in [0.25, 0.3) is 11.6 Å². The van der Waals surface area contributed by atoms with E-state index in [1.165, 1.54) is 0 Å². The maximum Gasteiger partial charge on any atom is 0.133 e. The first-order chi connectivity index (χ1) is 9.72. The Morgan fingerprint density at radius 2 is 1.75 bits per heavy atom. The zero-order valence-electron chi connectivity index (χ0n) is 11.0. The van der Waals surface area contributed by atoms with Gasteiger partial charge in [-0.25, -0.2) is 4.79 Å². The number of ether oxygens (including phenoxy) is 1. The van der Waals surface area contributed by atoms with Crippen LogP contribution in [0.15, 0.2) is 59.1 Å². The lowest BCUT2D eigenvalue weighted by Crippen LogP contribution is -1.85. The van der Waals surface area contributed by atoms with Crippen LogP contribution in [0.1, 0.15) is 11.1 Å². The number of hydrogen-bond acceptors (Lipinski definition) is 2. The predicted molar refractivity (Wildman–Crippen MR) is 85.3 cm³/mol. The highest BCUT2D eigenvalue weighted by atomic mass is 79.9. The number of carbonyl (C=O) groups excluding carboxylic acids is 1. The molecule has 0 aromatic heterocycles. The molecule has 0 saturated heterocycles. The summed E-state index contributed by atoms with van der Waals surface area (Å²) >= 11 is 3.39. The largest absolute Gasteiger partial charge is 0.497 e. The van der Waals surface area contributed by atoms with Crippen LogP contribution < -0.4 is 4.74 Å². The van der Waals surface area contributed by atoms with Crippen LogP contribution in [-0.4, -0.2) is 13.1 Å². The lowest BCUT2D eigenvalue weighted by atomic mass is 10.1. The number of rotatable bonds is 4. The predicted octanol–water partition coefficient (Wildman–Crippen LogP) is 4.39. The van der Waals surface area contributed by atoms with E-state index >= 15 is 0 Å². The van der Waals surface area contributed by atoms with Crippen molar-refractivity contribution >= 4 is 33.5 Å². The van der Waals surface area contributed by atoms with E-state index in [-0.39, 0.29) is 0 Å². The molecule has 0 aliphatic heterocycles. The first-order valence-electron chi connectivity index (χ1n) is 6.06. The van der Waals surface area contributed by atoms with E-state index in [9.17, 15) is 4.79 Å². The van der Waals surface area contributed by atoms with Crippen LogP contribution in [-0.2, 0) is 4.79 Å². The highest BCUT2D eigenvalue weighted by Gasteiger charge is 1.99. The Kier molecular flexibility index (Phi) is 4.94. The molecule has 0 heterocycles. The van der Waals surface area contributed by atoms with Gasteiger partial charge >= 0.3 is 0 Å². The van der Waals surface area contributed by atoms with E-state index in [4.69, 9.17) is 4.74 Å². The van der Waals surface area contributed by atoms with Gasteiger partial charge in [0.2, 0.25) is 0 Å². The molecule has 0 unspecified atom stereocenters. The number of hydrogen-bond donors (Lipinski definition) is 0. The van der Waals surface area contributed by atoms with Gasteiger partial charge in [0.05, 0.1) is 12.7 Å². The Hall–Kier alpha value is -2.09. The van der Waals surface area contributed by atoms with Crippen molar-refractivity contribution < 1.29 is 9.53 Å². The molecule has 0 bridgehead atoms. The fraction of sp³-hybridized carbons (Fsp3) is 0.0588. The number of benzene rings is 2. The van der Waals surface area contributed by atoms with Crippen molar-refractivity contribution in [3.05, 3.63) is 70.2 Å². The van der Waals surface area contributed by atoms with Gasteiger partial charge in [0, 0.05) is 4.47 Å². The third-order valence-electron chi connectivity index (χ3n) is 2.82. The van der Waals surface area contributed by atoms with Crippen molar-refractivity contribution in [2.45, 2.75) is 0 Å². The summed E-state index contributed by atoms with van der Waals surface area (Å²) in [7, 11) is 1.61. The first-order valence-corrected chi connectivity index (χ1v) is 6.85. The smallest absolute Gasteiger partial charge is 0.133 e. The van der Waals surface area contributed by atoms with Gasteiger partial charge in [-0.3, -0.25) is 0 Å².